The van der Waals surface area contributed by atoms with Crippen LogP contribution in [0.4, 0.5) is 0 Å². The van der Waals surface area contributed by atoms with Gasteiger partial charge >= 0.3 is 0 Å². The molecule has 4 rings (SSSR count). The van der Waals surface area contributed by atoms with Crippen molar-refractivity contribution in [3.63, 3.8) is 0 Å². The second kappa shape index (κ2) is 8.98. The van der Waals surface area contributed by atoms with Crippen LogP contribution in [0.25, 0.3) is 22.4 Å². The first-order chi connectivity index (χ1) is 14.6. The van der Waals surface area contributed by atoms with Gasteiger partial charge in [0.1, 0.15) is 12.4 Å². The fourth-order valence-electron chi connectivity index (χ4n) is 3.41. The number of fused-ring (bicyclic) bond motifs is 1. The zero-order valence-electron chi connectivity index (χ0n) is 16.6. The summed E-state index contributed by atoms with van der Waals surface area (Å²) in [5.41, 5.74) is 4.65. The smallest absolute Gasteiger partial charge is 0.127 e. The fraction of sp³-hybridized carbons (Fsp3) is 0.0741. The molecule has 0 N–H and O–H groups in total. The number of ether oxygens (including phenoxy) is 1. The fourth-order valence-corrected chi connectivity index (χ4v) is 3.78. The Balaban J connectivity index is 1.66. The van der Waals surface area contributed by atoms with Crippen molar-refractivity contribution in [3.05, 3.63) is 112 Å². The molecule has 0 aromatic heterocycles. The van der Waals surface area contributed by atoms with Gasteiger partial charge in [0.05, 0.1) is 11.6 Å². The van der Waals surface area contributed by atoms with Crippen molar-refractivity contribution in [1.82, 2.24) is 0 Å². The molecule has 4 aromatic rings. The van der Waals surface area contributed by atoms with E-state index in [1.54, 1.807) is 0 Å². The first-order valence-electron chi connectivity index (χ1n) is 9.72. The molecule has 2 nitrogen and oxygen atoms in total. The van der Waals surface area contributed by atoms with E-state index in [9.17, 15) is 5.26 Å². The summed E-state index contributed by atoms with van der Waals surface area (Å²) in [6, 6.07) is 30.7. The molecule has 0 bridgehead atoms. The summed E-state index contributed by atoms with van der Waals surface area (Å²) in [5, 5.41) is 12.1. The average molecular weight is 454 g/mol. The van der Waals surface area contributed by atoms with Crippen LogP contribution in [0.15, 0.2) is 89.4 Å². The van der Waals surface area contributed by atoms with Gasteiger partial charge in [-0.25, -0.2) is 0 Å². The maximum Gasteiger partial charge on any atom is 0.127 e. The Morgan fingerprint density at radius 3 is 2.53 bits per heavy atom. The summed E-state index contributed by atoms with van der Waals surface area (Å²) < 4.78 is 7.15. The van der Waals surface area contributed by atoms with E-state index in [1.807, 2.05) is 67.6 Å². The highest BCUT2D eigenvalue weighted by Gasteiger charge is 2.08. The SMILES string of the molecule is Cc1ccc(/C(C#N)=C\c2cc(Br)ccc2OCc2cccc3ccccc23)cc1. The molecule has 0 saturated heterocycles. The Labute approximate surface area is 185 Å². The van der Waals surface area contributed by atoms with Gasteiger partial charge in [-0.3, -0.25) is 0 Å². The van der Waals surface area contributed by atoms with Gasteiger partial charge in [0.15, 0.2) is 0 Å². The van der Waals surface area contributed by atoms with Crippen molar-refractivity contribution in [2.75, 3.05) is 0 Å². The Hall–Kier alpha value is -3.35. The first-order valence-corrected chi connectivity index (χ1v) is 10.5. The van der Waals surface area contributed by atoms with Gasteiger partial charge in [0.25, 0.3) is 0 Å². The molecular formula is C27H20BrNO. The predicted molar refractivity (Wildman–Crippen MR) is 127 cm³/mol. The van der Waals surface area contributed by atoms with Crippen LogP contribution >= 0.6 is 15.9 Å². The minimum absolute atomic E-state index is 0.455. The molecule has 30 heavy (non-hydrogen) atoms. The van der Waals surface area contributed by atoms with E-state index >= 15 is 0 Å². The molecule has 3 heteroatoms. The van der Waals surface area contributed by atoms with Crippen molar-refractivity contribution in [2.24, 2.45) is 0 Å². The molecule has 0 aliphatic carbocycles. The van der Waals surface area contributed by atoms with Crippen LogP contribution in [0.3, 0.4) is 0 Å². The number of hydrogen-bond donors (Lipinski definition) is 0. The lowest BCUT2D eigenvalue weighted by atomic mass is 10.0. The second-order valence-electron chi connectivity index (χ2n) is 7.14. The first kappa shape index (κ1) is 19.9. The standard InChI is InChI=1S/C27H20BrNO/c1-19-9-11-20(12-10-19)24(17-29)15-23-16-25(28)13-14-27(23)30-18-22-7-4-6-21-5-2-3-8-26(21)22/h2-16H,18H2,1H3/b24-15-. The maximum absolute atomic E-state index is 9.73. The third kappa shape index (κ3) is 4.45. The van der Waals surface area contributed by atoms with E-state index in [0.29, 0.717) is 12.2 Å². The second-order valence-corrected chi connectivity index (χ2v) is 8.06. The largest absolute Gasteiger partial charge is 0.488 e. The Morgan fingerprint density at radius 2 is 1.73 bits per heavy atom. The lowest BCUT2D eigenvalue weighted by molar-refractivity contribution is 0.307. The summed E-state index contributed by atoms with van der Waals surface area (Å²) in [6.07, 6.45) is 1.88. The van der Waals surface area contributed by atoms with E-state index in [0.717, 1.165) is 32.5 Å². The average Bonchev–Trinajstić information content (AvgIpc) is 2.77. The van der Waals surface area contributed by atoms with Gasteiger partial charge in [-0.1, -0.05) is 88.2 Å². The third-order valence-corrected chi connectivity index (χ3v) is 5.51. The molecule has 146 valence electrons. The molecule has 0 atom stereocenters. The van der Waals surface area contributed by atoms with Crippen LogP contribution in [-0.2, 0) is 6.61 Å². The summed E-state index contributed by atoms with van der Waals surface area (Å²) in [4.78, 5) is 0. The van der Waals surface area contributed by atoms with Crippen LogP contribution < -0.4 is 4.74 Å². The van der Waals surface area contributed by atoms with Gasteiger partial charge in [-0.2, -0.15) is 5.26 Å². The Morgan fingerprint density at radius 1 is 0.967 bits per heavy atom. The number of nitriles is 1. The van der Waals surface area contributed by atoms with Crippen molar-refractivity contribution in [1.29, 1.82) is 5.26 Å². The van der Waals surface area contributed by atoms with E-state index in [1.165, 1.54) is 10.8 Å². The van der Waals surface area contributed by atoms with E-state index in [2.05, 4.69) is 52.3 Å². The highest BCUT2D eigenvalue weighted by Crippen LogP contribution is 2.29. The highest BCUT2D eigenvalue weighted by atomic mass is 79.9. The van der Waals surface area contributed by atoms with Crippen LogP contribution in [0.5, 0.6) is 5.75 Å². The summed E-state index contributed by atoms with van der Waals surface area (Å²) in [7, 11) is 0. The molecule has 0 unspecified atom stereocenters. The van der Waals surface area contributed by atoms with Gasteiger partial charge < -0.3 is 4.74 Å². The number of aryl methyl sites for hydroxylation is 1. The molecular weight excluding hydrogens is 434 g/mol. The molecule has 0 aliphatic rings. The van der Waals surface area contributed by atoms with Crippen molar-refractivity contribution in [2.45, 2.75) is 13.5 Å². The van der Waals surface area contributed by atoms with E-state index < -0.39 is 0 Å². The minimum Gasteiger partial charge on any atom is -0.488 e. The molecule has 0 radical (unpaired) electrons. The number of benzene rings is 4. The van der Waals surface area contributed by atoms with Gasteiger partial charge in [0.2, 0.25) is 0 Å². The molecule has 0 spiro atoms. The van der Waals surface area contributed by atoms with Crippen molar-refractivity contribution < 1.29 is 4.74 Å². The van der Waals surface area contributed by atoms with Crippen LogP contribution in [0.2, 0.25) is 0 Å². The van der Waals surface area contributed by atoms with Crippen molar-refractivity contribution in [3.8, 4) is 11.8 Å². The summed E-state index contributed by atoms with van der Waals surface area (Å²) >= 11 is 3.53. The summed E-state index contributed by atoms with van der Waals surface area (Å²) in [5.74, 6) is 0.742. The molecule has 0 aliphatic heterocycles. The number of halogens is 1. The molecule has 4 aromatic carbocycles. The summed E-state index contributed by atoms with van der Waals surface area (Å²) in [6.45, 7) is 2.49. The van der Waals surface area contributed by atoms with E-state index in [4.69, 9.17) is 4.74 Å². The maximum atomic E-state index is 9.73. The monoisotopic (exact) mass is 453 g/mol. The van der Waals surface area contributed by atoms with Gasteiger partial charge in [-0.05, 0) is 53.1 Å². The normalized spacial score (nSPS) is 11.3. The number of allylic oxidation sites excluding steroid dienone is 1. The van der Waals surface area contributed by atoms with Crippen LogP contribution in [0.1, 0.15) is 22.3 Å². The number of hydrogen-bond acceptors (Lipinski definition) is 2. The topological polar surface area (TPSA) is 33.0 Å². The predicted octanol–water partition coefficient (Wildman–Crippen LogP) is 7.55. The zero-order valence-corrected chi connectivity index (χ0v) is 18.2. The minimum atomic E-state index is 0.455. The number of rotatable bonds is 5. The van der Waals surface area contributed by atoms with Gasteiger partial charge in [0, 0.05) is 10.0 Å². The zero-order chi connectivity index (χ0) is 20.9. The molecule has 0 saturated carbocycles. The lowest BCUT2D eigenvalue weighted by Gasteiger charge is -2.12. The molecule has 0 amide bonds. The number of nitrogens with zero attached hydrogens (tertiary/aromatic N) is 1. The lowest BCUT2D eigenvalue weighted by Crippen LogP contribution is -1.98. The van der Waals surface area contributed by atoms with Crippen LogP contribution in [0, 0.1) is 18.3 Å². The molecule has 0 fully saturated rings. The third-order valence-electron chi connectivity index (χ3n) is 5.02. The van der Waals surface area contributed by atoms with E-state index in [-0.39, 0.29) is 0 Å². The van der Waals surface area contributed by atoms with Crippen molar-refractivity contribution >= 4 is 38.4 Å². The Kier molecular flexibility index (Phi) is 5.97. The van der Waals surface area contributed by atoms with Crippen LogP contribution in [-0.4, -0.2) is 0 Å². The Bertz CT molecular complexity index is 1260. The quantitative estimate of drug-likeness (QED) is 0.230. The highest BCUT2D eigenvalue weighted by molar-refractivity contribution is 9.10. The molecule has 0 heterocycles. The van der Waals surface area contributed by atoms with Gasteiger partial charge in [-0.15, -0.1) is 0 Å².